The third kappa shape index (κ3) is 4.33. The molecule has 2 atom stereocenters. The molecular formula is C21H29NO4. The summed E-state index contributed by atoms with van der Waals surface area (Å²) in [4.78, 5) is 27.0. The zero-order chi connectivity index (χ0) is 18.6. The molecule has 0 saturated carbocycles. The molecule has 0 spiro atoms. The number of hydrogen-bond donors (Lipinski definition) is 0. The van der Waals surface area contributed by atoms with Gasteiger partial charge in [0.2, 0.25) is 0 Å². The summed E-state index contributed by atoms with van der Waals surface area (Å²) >= 11 is 0. The van der Waals surface area contributed by atoms with Gasteiger partial charge >= 0.3 is 0 Å². The fraction of sp³-hybridized carbons (Fsp3) is 0.619. The minimum absolute atomic E-state index is 0.113. The molecule has 5 heteroatoms. The number of hydrogen-bond acceptors (Lipinski definition) is 5. The Balaban J connectivity index is 1.72. The van der Waals surface area contributed by atoms with Crippen molar-refractivity contribution in [2.24, 2.45) is 5.92 Å². The molecule has 1 fully saturated rings. The van der Waals surface area contributed by atoms with E-state index in [1.54, 1.807) is 6.92 Å². The van der Waals surface area contributed by atoms with Crippen LogP contribution >= 0.6 is 0 Å². The molecule has 2 aliphatic heterocycles. The summed E-state index contributed by atoms with van der Waals surface area (Å²) in [5.41, 5.74) is 0.0828. The van der Waals surface area contributed by atoms with Crippen LogP contribution in [0.3, 0.4) is 0 Å². The standard InChI is InChI=1S/C21H29NO4/c1-16(23)8-9-18-20(24)17-6-3-4-7-19(17)26-21(18,2)10-5-11-22-12-14-25-15-13-22/h3-4,6-7,18H,5,8-15H2,1-2H3. The van der Waals surface area contributed by atoms with Crippen LogP contribution in [0.25, 0.3) is 0 Å². The van der Waals surface area contributed by atoms with Crippen molar-refractivity contribution in [2.45, 2.75) is 45.1 Å². The number of benzene rings is 1. The van der Waals surface area contributed by atoms with Gasteiger partial charge in [-0.15, -0.1) is 0 Å². The zero-order valence-corrected chi connectivity index (χ0v) is 15.8. The van der Waals surface area contributed by atoms with Gasteiger partial charge in [-0.3, -0.25) is 9.69 Å². The maximum Gasteiger partial charge on any atom is 0.173 e. The van der Waals surface area contributed by atoms with Gasteiger partial charge < -0.3 is 14.3 Å². The lowest BCUT2D eigenvalue weighted by Gasteiger charge is -2.42. The molecule has 5 nitrogen and oxygen atoms in total. The smallest absolute Gasteiger partial charge is 0.173 e. The predicted molar refractivity (Wildman–Crippen MR) is 99.7 cm³/mol. The normalized spacial score (nSPS) is 26.2. The van der Waals surface area contributed by atoms with E-state index in [-0.39, 0.29) is 17.5 Å². The van der Waals surface area contributed by atoms with Crippen molar-refractivity contribution < 1.29 is 19.1 Å². The van der Waals surface area contributed by atoms with E-state index < -0.39 is 5.60 Å². The van der Waals surface area contributed by atoms with Crippen LogP contribution in [0.4, 0.5) is 0 Å². The number of carbonyl (C=O) groups excluding carboxylic acids is 2. The molecule has 2 aliphatic rings. The van der Waals surface area contributed by atoms with Crippen LogP contribution in [-0.4, -0.2) is 54.9 Å². The third-order valence-corrected chi connectivity index (χ3v) is 5.59. The Bertz CT molecular complexity index is 653. The van der Waals surface area contributed by atoms with E-state index in [0.717, 1.165) is 45.7 Å². The lowest BCUT2D eigenvalue weighted by molar-refractivity contribution is -0.117. The average molecular weight is 359 g/mol. The van der Waals surface area contributed by atoms with Crippen molar-refractivity contribution >= 4 is 11.6 Å². The van der Waals surface area contributed by atoms with E-state index in [1.165, 1.54) is 0 Å². The van der Waals surface area contributed by atoms with Crippen molar-refractivity contribution in [1.82, 2.24) is 4.90 Å². The van der Waals surface area contributed by atoms with Crippen molar-refractivity contribution in [3.63, 3.8) is 0 Å². The van der Waals surface area contributed by atoms with Crippen LogP contribution in [0, 0.1) is 5.92 Å². The number of ether oxygens (including phenoxy) is 2. The molecule has 0 radical (unpaired) electrons. The highest BCUT2D eigenvalue weighted by atomic mass is 16.5. The van der Waals surface area contributed by atoms with E-state index in [9.17, 15) is 9.59 Å². The molecule has 0 bridgehead atoms. The maximum atomic E-state index is 13.1. The van der Waals surface area contributed by atoms with Crippen LogP contribution in [0.15, 0.2) is 24.3 Å². The summed E-state index contributed by atoms with van der Waals surface area (Å²) in [6, 6.07) is 7.46. The number of morpholine rings is 1. The number of rotatable bonds is 7. The minimum atomic E-state index is -0.562. The molecule has 142 valence electrons. The molecule has 0 N–H and O–H groups in total. The summed E-state index contributed by atoms with van der Waals surface area (Å²) in [5, 5.41) is 0. The topological polar surface area (TPSA) is 55.8 Å². The molecule has 1 saturated heterocycles. The van der Waals surface area contributed by atoms with Crippen molar-refractivity contribution in [2.75, 3.05) is 32.8 Å². The monoisotopic (exact) mass is 359 g/mol. The van der Waals surface area contributed by atoms with E-state index in [1.807, 2.05) is 31.2 Å². The second kappa shape index (κ2) is 8.31. The molecule has 3 rings (SSSR count). The van der Waals surface area contributed by atoms with E-state index in [0.29, 0.717) is 24.2 Å². The van der Waals surface area contributed by atoms with Crippen LogP contribution in [0.1, 0.15) is 49.9 Å². The maximum absolute atomic E-state index is 13.1. The Labute approximate surface area is 155 Å². The lowest BCUT2D eigenvalue weighted by atomic mass is 9.75. The van der Waals surface area contributed by atoms with Gasteiger partial charge in [-0.25, -0.2) is 0 Å². The van der Waals surface area contributed by atoms with Crippen LogP contribution in [0.5, 0.6) is 5.75 Å². The summed E-state index contributed by atoms with van der Waals surface area (Å²) < 4.78 is 11.7. The number of fused-ring (bicyclic) bond motifs is 1. The van der Waals surface area contributed by atoms with Gasteiger partial charge in [0.25, 0.3) is 0 Å². The van der Waals surface area contributed by atoms with E-state index in [4.69, 9.17) is 9.47 Å². The Morgan fingerprint density at radius 3 is 2.73 bits per heavy atom. The highest BCUT2D eigenvalue weighted by molar-refractivity contribution is 6.02. The molecule has 2 heterocycles. The van der Waals surface area contributed by atoms with Gasteiger partial charge in [-0.1, -0.05) is 12.1 Å². The van der Waals surface area contributed by atoms with Gasteiger partial charge in [-0.2, -0.15) is 0 Å². The van der Waals surface area contributed by atoms with Crippen LogP contribution in [0.2, 0.25) is 0 Å². The SMILES string of the molecule is CC(=O)CCC1C(=O)c2ccccc2OC1(C)CCCN1CCOCC1. The third-order valence-electron chi connectivity index (χ3n) is 5.59. The molecule has 26 heavy (non-hydrogen) atoms. The number of ketones is 2. The summed E-state index contributed by atoms with van der Waals surface area (Å²) in [7, 11) is 0. The molecule has 0 aliphatic carbocycles. The molecular weight excluding hydrogens is 330 g/mol. The van der Waals surface area contributed by atoms with Crippen molar-refractivity contribution in [3.8, 4) is 5.75 Å². The average Bonchev–Trinajstić information content (AvgIpc) is 2.62. The Morgan fingerprint density at radius 1 is 1.27 bits per heavy atom. The largest absolute Gasteiger partial charge is 0.486 e. The fourth-order valence-corrected chi connectivity index (χ4v) is 4.03. The van der Waals surface area contributed by atoms with Gasteiger partial charge in [-0.05, 0) is 51.8 Å². The van der Waals surface area contributed by atoms with Gasteiger partial charge in [0.05, 0.1) is 24.7 Å². The van der Waals surface area contributed by atoms with E-state index in [2.05, 4.69) is 4.90 Å². The molecule has 2 unspecified atom stereocenters. The predicted octanol–water partition coefficient (Wildman–Crippen LogP) is 3.12. The Kier molecular flexibility index (Phi) is 6.09. The number of nitrogens with zero attached hydrogens (tertiary/aromatic N) is 1. The second-order valence-electron chi connectivity index (χ2n) is 7.63. The minimum Gasteiger partial charge on any atom is -0.486 e. The molecule has 0 aromatic heterocycles. The van der Waals surface area contributed by atoms with E-state index >= 15 is 0 Å². The fourth-order valence-electron chi connectivity index (χ4n) is 4.03. The van der Waals surface area contributed by atoms with Gasteiger partial charge in [0.1, 0.15) is 17.1 Å². The Morgan fingerprint density at radius 2 is 2.00 bits per heavy atom. The summed E-state index contributed by atoms with van der Waals surface area (Å²) in [5.74, 6) is 0.630. The summed E-state index contributed by atoms with van der Waals surface area (Å²) in [6.07, 6.45) is 2.73. The quantitative estimate of drug-likeness (QED) is 0.749. The Hall–Kier alpha value is -1.72. The zero-order valence-electron chi connectivity index (χ0n) is 15.8. The van der Waals surface area contributed by atoms with Crippen molar-refractivity contribution in [3.05, 3.63) is 29.8 Å². The van der Waals surface area contributed by atoms with Crippen molar-refractivity contribution in [1.29, 1.82) is 0 Å². The molecule has 1 aromatic rings. The van der Waals surface area contributed by atoms with Crippen LogP contribution < -0.4 is 4.74 Å². The number of Topliss-reactive ketones (excluding diaryl/α,β-unsaturated/α-hetero) is 2. The lowest BCUT2D eigenvalue weighted by Crippen LogP contribution is -2.49. The number of para-hydroxylation sites is 1. The first-order valence-corrected chi connectivity index (χ1v) is 9.61. The second-order valence-corrected chi connectivity index (χ2v) is 7.63. The highest BCUT2D eigenvalue weighted by Crippen LogP contribution is 2.41. The summed E-state index contributed by atoms with van der Waals surface area (Å²) in [6.45, 7) is 8.11. The first kappa shape index (κ1) is 19.1. The molecule has 1 aromatic carbocycles. The van der Waals surface area contributed by atoms with Crippen LogP contribution in [-0.2, 0) is 9.53 Å². The first-order chi connectivity index (χ1) is 12.5. The van der Waals surface area contributed by atoms with Gasteiger partial charge in [0, 0.05) is 19.5 Å². The molecule has 0 amide bonds. The number of carbonyl (C=O) groups is 2. The highest BCUT2D eigenvalue weighted by Gasteiger charge is 2.45. The first-order valence-electron chi connectivity index (χ1n) is 9.61. The van der Waals surface area contributed by atoms with Gasteiger partial charge in [0.15, 0.2) is 5.78 Å².